The first kappa shape index (κ1) is 22.0. The van der Waals surface area contributed by atoms with Crippen LogP contribution in [0.15, 0.2) is 60.4 Å². The van der Waals surface area contributed by atoms with Crippen molar-refractivity contribution in [2.75, 3.05) is 21.3 Å². The van der Waals surface area contributed by atoms with Crippen LogP contribution in [-0.2, 0) is 0 Å². The summed E-state index contributed by atoms with van der Waals surface area (Å²) < 4.78 is 27.3. The number of allylic oxidation sites excluding steroid dienone is 1. The largest absolute Gasteiger partial charge is 0.496 e. The number of carbonyl (C=O) groups is 2. The van der Waals surface area contributed by atoms with E-state index in [0.29, 0.717) is 39.7 Å². The fourth-order valence-electron chi connectivity index (χ4n) is 3.50. The van der Waals surface area contributed by atoms with Crippen molar-refractivity contribution in [2.45, 2.75) is 6.92 Å². The Hall–Kier alpha value is -4.26. The quantitative estimate of drug-likeness (QED) is 0.304. The van der Waals surface area contributed by atoms with E-state index in [1.807, 2.05) is 19.1 Å². The zero-order valence-corrected chi connectivity index (χ0v) is 18.6. The standard InChI is InChI=1S/C26H22O7/c1-15-7-5-6-8-18(15)26(28)32-17-9-10-19-21(13-17)33-24(25(19)27)12-16-11-22(30-3)23(31-4)14-20(16)29-2/h5-14H,1-4H3. The van der Waals surface area contributed by atoms with Crippen molar-refractivity contribution < 1.29 is 33.3 Å². The van der Waals surface area contributed by atoms with E-state index in [1.54, 1.807) is 42.5 Å². The van der Waals surface area contributed by atoms with Gasteiger partial charge < -0.3 is 23.7 Å². The molecule has 0 aromatic heterocycles. The predicted octanol–water partition coefficient (Wildman–Crippen LogP) is 4.86. The molecule has 4 rings (SSSR count). The molecule has 0 bridgehead atoms. The van der Waals surface area contributed by atoms with Gasteiger partial charge in [-0.25, -0.2) is 4.79 Å². The van der Waals surface area contributed by atoms with E-state index in [9.17, 15) is 9.59 Å². The van der Waals surface area contributed by atoms with Gasteiger partial charge in [-0.1, -0.05) is 18.2 Å². The summed E-state index contributed by atoms with van der Waals surface area (Å²) in [5, 5.41) is 0. The van der Waals surface area contributed by atoms with Crippen molar-refractivity contribution >= 4 is 17.8 Å². The molecular weight excluding hydrogens is 424 g/mol. The molecular formula is C26H22O7. The number of hydrogen-bond donors (Lipinski definition) is 0. The molecule has 0 atom stereocenters. The van der Waals surface area contributed by atoms with E-state index < -0.39 is 5.97 Å². The minimum atomic E-state index is -0.483. The van der Waals surface area contributed by atoms with E-state index in [-0.39, 0.29) is 17.3 Å². The minimum Gasteiger partial charge on any atom is -0.496 e. The van der Waals surface area contributed by atoms with E-state index in [1.165, 1.54) is 27.4 Å². The van der Waals surface area contributed by atoms with Crippen LogP contribution < -0.4 is 23.7 Å². The third-order valence-corrected chi connectivity index (χ3v) is 5.24. The van der Waals surface area contributed by atoms with Crippen LogP contribution in [0, 0.1) is 6.92 Å². The molecule has 0 saturated carbocycles. The number of rotatable bonds is 6. The Balaban J connectivity index is 1.61. The maximum Gasteiger partial charge on any atom is 0.343 e. The maximum absolute atomic E-state index is 12.9. The number of esters is 1. The summed E-state index contributed by atoms with van der Waals surface area (Å²) in [4.78, 5) is 25.4. The fraction of sp³-hybridized carbons (Fsp3) is 0.154. The Morgan fingerprint density at radius 2 is 1.58 bits per heavy atom. The van der Waals surface area contributed by atoms with Gasteiger partial charge in [0, 0.05) is 17.7 Å². The van der Waals surface area contributed by atoms with Crippen LogP contribution in [0.25, 0.3) is 6.08 Å². The highest BCUT2D eigenvalue weighted by Gasteiger charge is 2.29. The van der Waals surface area contributed by atoms with Gasteiger partial charge in [0.2, 0.25) is 5.78 Å². The molecule has 0 N–H and O–H groups in total. The molecule has 7 nitrogen and oxygen atoms in total. The van der Waals surface area contributed by atoms with Crippen molar-refractivity contribution in [1.29, 1.82) is 0 Å². The highest BCUT2D eigenvalue weighted by molar-refractivity contribution is 6.14. The third kappa shape index (κ3) is 4.25. The maximum atomic E-state index is 12.9. The smallest absolute Gasteiger partial charge is 0.343 e. The summed E-state index contributed by atoms with van der Waals surface area (Å²) >= 11 is 0. The first-order valence-corrected chi connectivity index (χ1v) is 10.1. The number of Topliss-reactive ketones (excluding diaryl/α,β-unsaturated/α-hetero) is 1. The van der Waals surface area contributed by atoms with Crippen LogP contribution in [0.3, 0.4) is 0 Å². The van der Waals surface area contributed by atoms with Crippen molar-refractivity contribution in [3.05, 3.63) is 82.6 Å². The van der Waals surface area contributed by atoms with Gasteiger partial charge in [-0.3, -0.25) is 4.79 Å². The molecule has 1 aliphatic rings. The number of aryl methyl sites for hydroxylation is 1. The Kier molecular flexibility index (Phi) is 6.04. The van der Waals surface area contributed by atoms with E-state index in [0.717, 1.165) is 5.56 Å². The first-order chi connectivity index (χ1) is 15.9. The summed E-state index contributed by atoms with van der Waals surface area (Å²) in [7, 11) is 4.57. The molecule has 168 valence electrons. The second-order valence-corrected chi connectivity index (χ2v) is 7.25. The van der Waals surface area contributed by atoms with Crippen LogP contribution in [0.1, 0.15) is 31.8 Å². The molecule has 33 heavy (non-hydrogen) atoms. The molecule has 3 aromatic carbocycles. The van der Waals surface area contributed by atoms with E-state index in [2.05, 4.69) is 0 Å². The molecule has 0 spiro atoms. The normalized spacial score (nSPS) is 13.3. The van der Waals surface area contributed by atoms with Gasteiger partial charge >= 0.3 is 5.97 Å². The number of fused-ring (bicyclic) bond motifs is 1. The van der Waals surface area contributed by atoms with Gasteiger partial charge in [-0.2, -0.15) is 0 Å². The summed E-state index contributed by atoms with van der Waals surface area (Å²) in [6.45, 7) is 1.83. The number of methoxy groups -OCH3 is 3. The van der Waals surface area contributed by atoms with Crippen LogP contribution >= 0.6 is 0 Å². The summed E-state index contributed by atoms with van der Waals surface area (Å²) in [6.07, 6.45) is 1.57. The van der Waals surface area contributed by atoms with Crippen LogP contribution in [0.4, 0.5) is 0 Å². The lowest BCUT2D eigenvalue weighted by atomic mass is 10.1. The van der Waals surface area contributed by atoms with E-state index >= 15 is 0 Å². The summed E-state index contributed by atoms with van der Waals surface area (Å²) in [6, 6.07) is 15.2. The number of ketones is 1. The predicted molar refractivity (Wildman–Crippen MR) is 122 cm³/mol. The lowest BCUT2D eigenvalue weighted by Crippen LogP contribution is -2.10. The Labute approximate surface area is 191 Å². The third-order valence-electron chi connectivity index (χ3n) is 5.24. The molecule has 0 fully saturated rings. The Morgan fingerprint density at radius 1 is 0.879 bits per heavy atom. The lowest BCUT2D eigenvalue weighted by molar-refractivity contribution is 0.0733. The molecule has 0 amide bonds. The topological polar surface area (TPSA) is 80.3 Å². The average molecular weight is 446 g/mol. The van der Waals surface area contributed by atoms with Crippen molar-refractivity contribution in [2.24, 2.45) is 0 Å². The molecule has 0 aliphatic carbocycles. The number of benzene rings is 3. The summed E-state index contributed by atoms with van der Waals surface area (Å²) in [5.41, 5.74) is 2.23. The van der Waals surface area contributed by atoms with Gasteiger partial charge in [0.1, 0.15) is 17.2 Å². The van der Waals surface area contributed by atoms with Gasteiger partial charge in [0.05, 0.1) is 32.5 Å². The zero-order valence-electron chi connectivity index (χ0n) is 18.6. The molecule has 3 aromatic rings. The molecule has 0 unspecified atom stereocenters. The first-order valence-electron chi connectivity index (χ1n) is 10.1. The molecule has 1 aliphatic heterocycles. The van der Waals surface area contributed by atoms with Crippen molar-refractivity contribution in [3.8, 4) is 28.7 Å². The van der Waals surface area contributed by atoms with Crippen LogP contribution in [-0.4, -0.2) is 33.1 Å². The molecule has 1 heterocycles. The molecule has 0 radical (unpaired) electrons. The van der Waals surface area contributed by atoms with Crippen molar-refractivity contribution in [1.82, 2.24) is 0 Å². The van der Waals surface area contributed by atoms with Crippen molar-refractivity contribution in [3.63, 3.8) is 0 Å². The Bertz CT molecular complexity index is 1270. The lowest BCUT2D eigenvalue weighted by Gasteiger charge is -2.12. The van der Waals surface area contributed by atoms with Gasteiger partial charge in [-0.15, -0.1) is 0 Å². The monoisotopic (exact) mass is 446 g/mol. The second-order valence-electron chi connectivity index (χ2n) is 7.25. The highest BCUT2D eigenvalue weighted by Crippen LogP contribution is 2.39. The Morgan fingerprint density at radius 3 is 2.27 bits per heavy atom. The second kappa shape index (κ2) is 9.08. The summed E-state index contributed by atoms with van der Waals surface area (Å²) in [5.74, 6) is 1.39. The number of hydrogen-bond acceptors (Lipinski definition) is 7. The van der Waals surface area contributed by atoms with Crippen LogP contribution in [0.2, 0.25) is 0 Å². The molecule has 0 saturated heterocycles. The minimum absolute atomic E-state index is 0.109. The number of ether oxygens (including phenoxy) is 5. The average Bonchev–Trinajstić information content (AvgIpc) is 3.13. The SMILES string of the molecule is COc1cc(OC)c(OC)cc1C=C1Oc2cc(OC(=O)c3ccccc3C)ccc2C1=O. The number of carbonyl (C=O) groups excluding carboxylic acids is 2. The highest BCUT2D eigenvalue weighted by atomic mass is 16.5. The van der Waals surface area contributed by atoms with Gasteiger partial charge in [0.15, 0.2) is 17.3 Å². The van der Waals surface area contributed by atoms with Gasteiger partial charge in [-0.05, 0) is 42.8 Å². The molecule has 7 heteroatoms. The van der Waals surface area contributed by atoms with Crippen LogP contribution in [0.5, 0.6) is 28.7 Å². The zero-order chi connectivity index (χ0) is 23.5. The van der Waals surface area contributed by atoms with Gasteiger partial charge in [0.25, 0.3) is 0 Å². The van der Waals surface area contributed by atoms with E-state index in [4.69, 9.17) is 23.7 Å². The fourth-order valence-corrected chi connectivity index (χ4v) is 3.50.